The molecule has 4 heterocycles. The molecule has 1 amide bonds. The van der Waals surface area contributed by atoms with Crippen LogP contribution in [0.4, 0.5) is 0 Å². The van der Waals surface area contributed by atoms with Crippen LogP contribution in [0.25, 0.3) is 0 Å². The van der Waals surface area contributed by atoms with E-state index in [0.717, 1.165) is 24.8 Å². The molecule has 21 heavy (non-hydrogen) atoms. The maximum absolute atomic E-state index is 12.6. The largest absolute Gasteiger partial charge is 0.350 e. The molecule has 4 unspecified atom stereocenters. The Morgan fingerprint density at radius 1 is 0.952 bits per heavy atom. The van der Waals surface area contributed by atoms with Crippen molar-refractivity contribution in [3.05, 3.63) is 0 Å². The summed E-state index contributed by atoms with van der Waals surface area (Å²) < 4.78 is 0. The zero-order chi connectivity index (χ0) is 14.2. The highest BCUT2D eigenvalue weighted by atomic mass is 16.2. The highest BCUT2D eigenvalue weighted by Crippen LogP contribution is 2.32. The summed E-state index contributed by atoms with van der Waals surface area (Å²) in [6.45, 7) is 3.56. The van der Waals surface area contributed by atoms with Crippen molar-refractivity contribution in [2.24, 2.45) is 11.8 Å². The molecule has 0 radical (unpaired) electrons. The molecule has 2 bridgehead atoms. The highest BCUT2D eigenvalue weighted by molar-refractivity contribution is 5.82. The molecule has 4 atom stereocenters. The van der Waals surface area contributed by atoms with Crippen LogP contribution >= 0.6 is 0 Å². The molecule has 2 N–H and O–H groups in total. The second kappa shape index (κ2) is 5.88. The normalized spacial score (nSPS) is 45.9. The van der Waals surface area contributed by atoms with Crippen molar-refractivity contribution < 1.29 is 4.79 Å². The van der Waals surface area contributed by atoms with Crippen molar-refractivity contribution in [2.75, 3.05) is 19.6 Å². The third-order valence-corrected chi connectivity index (χ3v) is 6.45. The first-order valence-corrected chi connectivity index (χ1v) is 9.08. The minimum Gasteiger partial charge on any atom is -0.350 e. The van der Waals surface area contributed by atoms with Crippen LogP contribution in [0.15, 0.2) is 0 Å². The van der Waals surface area contributed by atoms with Gasteiger partial charge in [0.15, 0.2) is 0 Å². The molecule has 0 aromatic carbocycles. The second-order valence-corrected chi connectivity index (χ2v) is 7.70. The smallest absolute Gasteiger partial charge is 0.237 e. The number of fused-ring (bicyclic) bond motifs is 4. The Kier molecular flexibility index (Phi) is 3.92. The van der Waals surface area contributed by atoms with E-state index in [1.165, 1.54) is 58.0 Å². The van der Waals surface area contributed by atoms with Crippen molar-refractivity contribution >= 4 is 5.91 Å². The number of rotatable bonds is 2. The molecule has 4 saturated heterocycles. The van der Waals surface area contributed by atoms with E-state index >= 15 is 0 Å². The molecule has 5 fully saturated rings. The highest BCUT2D eigenvalue weighted by Gasteiger charge is 2.38. The first-order chi connectivity index (χ1) is 10.3. The van der Waals surface area contributed by atoms with Crippen LogP contribution in [0.3, 0.4) is 0 Å². The second-order valence-electron chi connectivity index (χ2n) is 7.70. The lowest BCUT2D eigenvalue weighted by Gasteiger charge is -2.46. The summed E-state index contributed by atoms with van der Waals surface area (Å²) in [6.07, 6.45) is 10.2. The summed E-state index contributed by atoms with van der Waals surface area (Å²) >= 11 is 0. The van der Waals surface area contributed by atoms with Crippen LogP contribution in [-0.4, -0.2) is 48.6 Å². The number of carbonyl (C=O) groups excluding carboxylic acids is 1. The van der Waals surface area contributed by atoms with E-state index in [1.807, 2.05) is 0 Å². The summed E-state index contributed by atoms with van der Waals surface area (Å²) in [7, 11) is 0. The average Bonchev–Trinajstić information content (AvgIpc) is 2.55. The van der Waals surface area contributed by atoms with Gasteiger partial charge in [0.05, 0.1) is 6.04 Å². The third kappa shape index (κ3) is 2.85. The molecule has 118 valence electrons. The summed E-state index contributed by atoms with van der Waals surface area (Å²) in [4.78, 5) is 15.1. The van der Waals surface area contributed by atoms with Crippen LogP contribution < -0.4 is 10.6 Å². The fraction of sp³-hybridized carbons (Fsp3) is 0.941. The topological polar surface area (TPSA) is 44.4 Å². The Balaban J connectivity index is 1.33. The Bertz CT molecular complexity index is 391. The fourth-order valence-electron chi connectivity index (χ4n) is 5.11. The molecule has 0 aromatic heterocycles. The lowest BCUT2D eigenvalue weighted by atomic mass is 9.77. The molecule has 5 rings (SSSR count). The van der Waals surface area contributed by atoms with Crippen LogP contribution in [0, 0.1) is 11.8 Å². The molecular weight excluding hydrogens is 262 g/mol. The summed E-state index contributed by atoms with van der Waals surface area (Å²) in [5, 5.41) is 7.04. The minimum atomic E-state index is 0.0693. The lowest BCUT2D eigenvalue weighted by molar-refractivity contribution is -0.126. The standard InChI is InChI=1S/C17H29N3O/c21-17(19-16-11-20-9-7-13(16)8-10-20)15-6-5-12-3-1-2-4-14(12)18-15/h12-16,18H,1-11H2,(H,19,21). The Morgan fingerprint density at radius 3 is 2.52 bits per heavy atom. The van der Waals surface area contributed by atoms with Crippen molar-refractivity contribution in [1.82, 2.24) is 15.5 Å². The number of nitrogens with zero attached hydrogens (tertiary/aromatic N) is 1. The van der Waals surface area contributed by atoms with Gasteiger partial charge in [-0.2, -0.15) is 0 Å². The molecular formula is C17H29N3O. The van der Waals surface area contributed by atoms with Gasteiger partial charge in [-0.25, -0.2) is 0 Å². The van der Waals surface area contributed by atoms with Crippen molar-refractivity contribution in [1.29, 1.82) is 0 Å². The van der Waals surface area contributed by atoms with E-state index in [2.05, 4.69) is 15.5 Å². The van der Waals surface area contributed by atoms with E-state index < -0.39 is 0 Å². The zero-order valence-electron chi connectivity index (χ0n) is 13.0. The maximum Gasteiger partial charge on any atom is 0.237 e. The fourth-order valence-corrected chi connectivity index (χ4v) is 5.11. The Labute approximate surface area is 128 Å². The molecule has 1 saturated carbocycles. The number of nitrogens with one attached hydrogen (secondary N) is 2. The molecule has 1 aliphatic carbocycles. The van der Waals surface area contributed by atoms with Gasteiger partial charge in [0.25, 0.3) is 0 Å². The van der Waals surface area contributed by atoms with Gasteiger partial charge in [-0.15, -0.1) is 0 Å². The Hall–Kier alpha value is -0.610. The first kappa shape index (κ1) is 14.0. The predicted octanol–water partition coefficient (Wildman–Crippen LogP) is 1.51. The Morgan fingerprint density at radius 2 is 1.76 bits per heavy atom. The van der Waals surface area contributed by atoms with E-state index in [9.17, 15) is 4.79 Å². The van der Waals surface area contributed by atoms with Crippen molar-refractivity contribution in [3.63, 3.8) is 0 Å². The van der Waals surface area contributed by atoms with Crippen LogP contribution in [-0.2, 0) is 4.79 Å². The molecule has 0 aromatic rings. The molecule has 5 aliphatic rings. The van der Waals surface area contributed by atoms with Gasteiger partial charge in [0.2, 0.25) is 5.91 Å². The molecule has 4 heteroatoms. The number of hydrogen-bond donors (Lipinski definition) is 2. The molecule has 4 nitrogen and oxygen atoms in total. The number of amides is 1. The lowest BCUT2D eigenvalue weighted by Crippen LogP contribution is -2.61. The SMILES string of the molecule is O=C(NC1CN2CCC1CC2)C1CCC2CCCCC2N1. The number of carbonyl (C=O) groups is 1. The van der Waals surface area contributed by atoms with Gasteiger partial charge in [0, 0.05) is 18.6 Å². The molecule has 0 spiro atoms. The van der Waals surface area contributed by atoms with Crippen LogP contribution in [0.5, 0.6) is 0 Å². The quantitative estimate of drug-likeness (QED) is 0.810. The molecule has 4 aliphatic heterocycles. The van der Waals surface area contributed by atoms with Crippen LogP contribution in [0.2, 0.25) is 0 Å². The monoisotopic (exact) mass is 291 g/mol. The maximum atomic E-state index is 12.6. The van der Waals surface area contributed by atoms with Gasteiger partial charge in [-0.05, 0) is 63.5 Å². The van der Waals surface area contributed by atoms with Gasteiger partial charge >= 0.3 is 0 Å². The van der Waals surface area contributed by atoms with Crippen molar-refractivity contribution in [3.8, 4) is 0 Å². The van der Waals surface area contributed by atoms with Gasteiger partial charge in [0.1, 0.15) is 0 Å². The van der Waals surface area contributed by atoms with Gasteiger partial charge in [-0.1, -0.05) is 12.8 Å². The summed E-state index contributed by atoms with van der Waals surface area (Å²) in [6, 6.07) is 1.08. The summed E-state index contributed by atoms with van der Waals surface area (Å²) in [5.41, 5.74) is 0. The minimum absolute atomic E-state index is 0.0693. The first-order valence-electron chi connectivity index (χ1n) is 9.08. The number of hydrogen-bond acceptors (Lipinski definition) is 3. The average molecular weight is 291 g/mol. The van der Waals surface area contributed by atoms with Crippen LogP contribution in [0.1, 0.15) is 51.4 Å². The third-order valence-electron chi connectivity index (χ3n) is 6.45. The zero-order valence-corrected chi connectivity index (χ0v) is 13.0. The van der Waals surface area contributed by atoms with E-state index in [-0.39, 0.29) is 11.9 Å². The van der Waals surface area contributed by atoms with Gasteiger partial charge < -0.3 is 15.5 Å². The summed E-state index contributed by atoms with van der Waals surface area (Å²) in [5.74, 6) is 1.84. The number of piperidine rings is 4. The predicted molar refractivity (Wildman–Crippen MR) is 83.0 cm³/mol. The van der Waals surface area contributed by atoms with E-state index in [0.29, 0.717) is 12.1 Å². The van der Waals surface area contributed by atoms with Gasteiger partial charge in [-0.3, -0.25) is 4.79 Å². The van der Waals surface area contributed by atoms with E-state index in [4.69, 9.17) is 0 Å². The van der Waals surface area contributed by atoms with E-state index in [1.54, 1.807) is 0 Å². The van der Waals surface area contributed by atoms with Crippen molar-refractivity contribution in [2.45, 2.75) is 69.5 Å².